The molecule has 0 unspecified atom stereocenters. The van der Waals surface area contributed by atoms with Gasteiger partial charge < -0.3 is 9.47 Å². The van der Waals surface area contributed by atoms with Crippen LogP contribution in [0.1, 0.15) is 25.8 Å². The second-order valence-electron chi connectivity index (χ2n) is 4.63. The van der Waals surface area contributed by atoms with Gasteiger partial charge in [0.25, 0.3) is 0 Å². The van der Waals surface area contributed by atoms with E-state index in [1.165, 1.54) is 5.56 Å². The molecule has 0 aliphatic carbocycles. The zero-order valence-corrected chi connectivity index (χ0v) is 10.2. The lowest BCUT2D eigenvalue weighted by Gasteiger charge is -2.40. The summed E-state index contributed by atoms with van der Waals surface area (Å²) in [4.78, 5) is 0. The summed E-state index contributed by atoms with van der Waals surface area (Å²) in [6.45, 7) is 6.82. The zero-order chi connectivity index (χ0) is 11.4. The van der Waals surface area contributed by atoms with E-state index < -0.39 is 0 Å². The van der Waals surface area contributed by atoms with E-state index in [2.05, 4.69) is 38.1 Å². The molecule has 88 valence electrons. The summed E-state index contributed by atoms with van der Waals surface area (Å²) in [6, 6.07) is 8.37. The molecule has 2 heteroatoms. The van der Waals surface area contributed by atoms with Gasteiger partial charge in [-0.1, -0.05) is 26.0 Å². The molecule has 0 amide bonds. The van der Waals surface area contributed by atoms with Gasteiger partial charge in [0.05, 0.1) is 25.2 Å². The van der Waals surface area contributed by atoms with Crippen molar-refractivity contribution in [3.63, 3.8) is 0 Å². The molecule has 0 saturated carbocycles. The molecule has 0 bridgehead atoms. The minimum absolute atomic E-state index is 0.267. The van der Waals surface area contributed by atoms with E-state index in [4.69, 9.17) is 9.47 Å². The van der Waals surface area contributed by atoms with E-state index in [1.807, 2.05) is 0 Å². The molecule has 1 fully saturated rings. The van der Waals surface area contributed by atoms with Crippen molar-refractivity contribution in [3.8, 4) is 5.75 Å². The third kappa shape index (κ3) is 2.38. The minimum atomic E-state index is 0.267. The van der Waals surface area contributed by atoms with Gasteiger partial charge in [0, 0.05) is 0 Å². The van der Waals surface area contributed by atoms with Crippen molar-refractivity contribution in [3.05, 3.63) is 29.8 Å². The molecule has 1 aromatic rings. The highest BCUT2D eigenvalue weighted by Crippen LogP contribution is 2.31. The van der Waals surface area contributed by atoms with Crippen LogP contribution >= 0.6 is 0 Å². The van der Waals surface area contributed by atoms with Gasteiger partial charge in [-0.3, -0.25) is 0 Å². The van der Waals surface area contributed by atoms with E-state index in [9.17, 15) is 0 Å². The van der Waals surface area contributed by atoms with Crippen LogP contribution < -0.4 is 4.74 Å². The fourth-order valence-corrected chi connectivity index (χ4v) is 1.84. The first-order valence-corrected chi connectivity index (χ1v) is 6.07. The second kappa shape index (κ2) is 4.88. The van der Waals surface area contributed by atoms with Crippen molar-refractivity contribution in [2.45, 2.75) is 26.7 Å². The SMILES string of the molecule is CCc1ccc(OCC2(CC)COC2)cc1. The summed E-state index contributed by atoms with van der Waals surface area (Å²) in [5, 5.41) is 0. The molecule has 2 rings (SSSR count). The first-order valence-electron chi connectivity index (χ1n) is 6.07. The Kier molecular flexibility index (Phi) is 3.49. The molecular weight excluding hydrogens is 200 g/mol. The monoisotopic (exact) mass is 220 g/mol. The van der Waals surface area contributed by atoms with Crippen LogP contribution in [0.25, 0.3) is 0 Å². The zero-order valence-electron chi connectivity index (χ0n) is 10.2. The molecule has 0 spiro atoms. The largest absolute Gasteiger partial charge is 0.493 e. The van der Waals surface area contributed by atoms with Crippen molar-refractivity contribution in [2.75, 3.05) is 19.8 Å². The number of rotatable bonds is 5. The maximum atomic E-state index is 5.82. The summed E-state index contributed by atoms with van der Waals surface area (Å²) in [7, 11) is 0. The van der Waals surface area contributed by atoms with Crippen LogP contribution in [0.5, 0.6) is 5.75 Å². The van der Waals surface area contributed by atoms with Crippen molar-refractivity contribution < 1.29 is 9.47 Å². The van der Waals surface area contributed by atoms with Gasteiger partial charge in [-0.15, -0.1) is 0 Å². The topological polar surface area (TPSA) is 18.5 Å². The lowest BCUT2D eigenvalue weighted by Crippen LogP contribution is -2.46. The van der Waals surface area contributed by atoms with Crippen LogP contribution in [0, 0.1) is 5.41 Å². The van der Waals surface area contributed by atoms with Crippen LogP contribution in [-0.4, -0.2) is 19.8 Å². The number of benzene rings is 1. The number of ether oxygens (including phenoxy) is 2. The van der Waals surface area contributed by atoms with Gasteiger partial charge in [0.1, 0.15) is 5.75 Å². The Morgan fingerprint density at radius 1 is 1.19 bits per heavy atom. The maximum Gasteiger partial charge on any atom is 0.119 e. The average Bonchev–Trinajstić information content (AvgIpc) is 2.29. The van der Waals surface area contributed by atoms with Crippen LogP contribution in [0.4, 0.5) is 0 Å². The van der Waals surface area contributed by atoms with Crippen molar-refractivity contribution in [2.24, 2.45) is 5.41 Å². The van der Waals surface area contributed by atoms with Crippen LogP contribution in [-0.2, 0) is 11.2 Å². The average molecular weight is 220 g/mol. The highest BCUT2D eigenvalue weighted by Gasteiger charge is 2.37. The molecule has 2 nitrogen and oxygen atoms in total. The van der Waals surface area contributed by atoms with Crippen LogP contribution in [0.15, 0.2) is 24.3 Å². The minimum Gasteiger partial charge on any atom is -0.493 e. The number of hydrogen-bond donors (Lipinski definition) is 0. The molecule has 16 heavy (non-hydrogen) atoms. The molecule has 1 saturated heterocycles. The molecule has 1 aliphatic rings. The van der Waals surface area contributed by atoms with E-state index in [-0.39, 0.29) is 5.41 Å². The van der Waals surface area contributed by atoms with Crippen molar-refractivity contribution >= 4 is 0 Å². The highest BCUT2D eigenvalue weighted by atomic mass is 16.5. The Morgan fingerprint density at radius 3 is 2.31 bits per heavy atom. The predicted octanol–water partition coefficient (Wildman–Crippen LogP) is 3.05. The number of aryl methyl sites for hydroxylation is 1. The van der Waals surface area contributed by atoms with Gasteiger partial charge in [0.2, 0.25) is 0 Å². The summed E-state index contributed by atoms with van der Waals surface area (Å²) in [5.74, 6) is 0.969. The lowest BCUT2D eigenvalue weighted by molar-refractivity contribution is -0.133. The fourth-order valence-electron chi connectivity index (χ4n) is 1.84. The molecule has 0 atom stereocenters. The molecule has 0 aromatic heterocycles. The molecule has 0 N–H and O–H groups in total. The van der Waals surface area contributed by atoms with Crippen molar-refractivity contribution in [1.29, 1.82) is 0 Å². The fraction of sp³-hybridized carbons (Fsp3) is 0.571. The molecule has 1 aliphatic heterocycles. The smallest absolute Gasteiger partial charge is 0.119 e. The normalized spacial score (nSPS) is 17.9. The van der Waals surface area contributed by atoms with E-state index in [1.54, 1.807) is 0 Å². The molecular formula is C14H20O2. The van der Waals surface area contributed by atoms with Gasteiger partial charge >= 0.3 is 0 Å². The van der Waals surface area contributed by atoms with Gasteiger partial charge in [-0.25, -0.2) is 0 Å². The first-order chi connectivity index (χ1) is 7.78. The molecule has 0 radical (unpaired) electrons. The Labute approximate surface area is 97.6 Å². The third-order valence-electron chi connectivity index (χ3n) is 3.44. The lowest BCUT2D eigenvalue weighted by atomic mass is 9.84. The molecule has 1 heterocycles. The van der Waals surface area contributed by atoms with Crippen LogP contribution in [0.3, 0.4) is 0 Å². The third-order valence-corrected chi connectivity index (χ3v) is 3.44. The van der Waals surface area contributed by atoms with Gasteiger partial charge in [-0.05, 0) is 30.5 Å². The Balaban J connectivity index is 1.89. The van der Waals surface area contributed by atoms with Crippen molar-refractivity contribution in [1.82, 2.24) is 0 Å². The van der Waals surface area contributed by atoms with E-state index >= 15 is 0 Å². The second-order valence-corrected chi connectivity index (χ2v) is 4.63. The summed E-state index contributed by atoms with van der Waals surface area (Å²) in [6.07, 6.45) is 2.20. The Bertz CT molecular complexity index is 320. The Morgan fingerprint density at radius 2 is 1.88 bits per heavy atom. The quantitative estimate of drug-likeness (QED) is 0.759. The standard InChI is InChI=1S/C14H20O2/c1-3-12-5-7-13(8-6-12)16-11-14(4-2)9-15-10-14/h5-8H,3-4,9-11H2,1-2H3. The van der Waals surface area contributed by atoms with E-state index in [0.717, 1.165) is 38.4 Å². The summed E-state index contributed by atoms with van der Waals surface area (Å²) < 4.78 is 11.1. The first kappa shape index (κ1) is 11.5. The Hall–Kier alpha value is -1.02. The van der Waals surface area contributed by atoms with E-state index in [0.29, 0.717) is 0 Å². The summed E-state index contributed by atoms with van der Waals surface area (Å²) >= 11 is 0. The van der Waals surface area contributed by atoms with Crippen LogP contribution in [0.2, 0.25) is 0 Å². The summed E-state index contributed by atoms with van der Waals surface area (Å²) in [5.41, 5.74) is 1.62. The maximum absolute atomic E-state index is 5.82. The number of hydrogen-bond acceptors (Lipinski definition) is 2. The predicted molar refractivity (Wildman–Crippen MR) is 64.9 cm³/mol. The van der Waals surface area contributed by atoms with Gasteiger partial charge in [-0.2, -0.15) is 0 Å². The van der Waals surface area contributed by atoms with Gasteiger partial charge in [0.15, 0.2) is 0 Å². The highest BCUT2D eigenvalue weighted by molar-refractivity contribution is 5.27. The molecule has 1 aromatic carbocycles.